The van der Waals surface area contributed by atoms with Crippen LogP contribution in [-0.4, -0.2) is 18.6 Å². The zero-order chi connectivity index (χ0) is 16.7. The van der Waals surface area contributed by atoms with Gasteiger partial charge in [0.1, 0.15) is 0 Å². The summed E-state index contributed by atoms with van der Waals surface area (Å²) in [6.45, 7) is 4.50. The molecule has 5 nitrogen and oxygen atoms in total. The molecule has 5 heteroatoms. The Morgan fingerprint density at radius 1 is 1.09 bits per heavy atom. The summed E-state index contributed by atoms with van der Waals surface area (Å²) in [5.41, 5.74) is 3.21. The molecule has 0 saturated heterocycles. The van der Waals surface area contributed by atoms with Crippen molar-refractivity contribution in [3.8, 4) is 0 Å². The third-order valence-electron chi connectivity index (χ3n) is 3.22. The van der Waals surface area contributed by atoms with E-state index in [1.54, 1.807) is 31.2 Å². The van der Waals surface area contributed by atoms with Crippen molar-refractivity contribution < 1.29 is 14.3 Å². The van der Waals surface area contributed by atoms with Gasteiger partial charge in [0.25, 0.3) is 5.91 Å². The summed E-state index contributed by atoms with van der Waals surface area (Å²) in [7, 11) is 0. The Kier molecular flexibility index (Phi) is 5.74. The van der Waals surface area contributed by atoms with Gasteiger partial charge in [0, 0.05) is 17.8 Å². The molecule has 120 valence electrons. The first-order valence-electron chi connectivity index (χ1n) is 7.46. The molecule has 2 N–H and O–H groups in total. The van der Waals surface area contributed by atoms with Crippen molar-refractivity contribution in [2.24, 2.45) is 0 Å². The van der Waals surface area contributed by atoms with Crippen LogP contribution in [0.1, 0.15) is 28.4 Å². The van der Waals surface area contributed by atoms with Crippen LogP contribution in [0.3, 0.4) is 0 Å². The second-order valence-corrected chi connectivity index (χ2v) is 5.09. The zero-order valence-corrected chi connectivity index (χ0v) is 13.3. The van der Waals surface area contributed by atoms with E-state index < -0.39 is 6.09 Å². The van der Waals surface area contributed by atoms with E-state index in [-0.39, 0.29) is 5.91 Å². The molecule has 0 saturated carbocycles. The standard InChI is InChI=1S/C18H20N2O3/c1-3-23-18(22)20-16-6-4-5-15(11-16)17(21)19-12-14-9-7-13(2)8-10-14/h4-11H,3,12H2,1-2H3,(H,19,21)(H,20,22). The van der Waals surface area contributed by atoms with E-state index in [1.807, 2.05) is 31.2 Å². The van der Waals surface area contributed by atoms with Crippen molar-refractivity contribution in [3.63, 3.8) is 0 Å². The van der Waals surface area contributed by atoms with Gasteiger partial charge in [-0.2, -0.15) is 0 Å². The second-order valence-electron chi connectivity index (χ2n) is 5.09. The number of ether oxygens (including phenoxy) is 1. The van der Waals surface area contributed by atoms with Gasteiger partial charge in [0.05, 0.1) is 6.61 Å². The number of nitrogens with one attached hydrogen (secondary N) is 2. The molecular weight excluding hydrogens is 292 g/mol. The Morgan fingerprint density at radius 2 is 1.83 bits per heavy atom. The molecule has 0 aliphatic carbocycles. The molecule has 0 atom stereocenters. The smallest absolute Gasteiger partial charge is 0.411 e. The molecule has 0 heterocycles. The van der Waals surface area contributed by atoms with Gasteiger partial charge in [-0.15, -0.1) is 0 Å². The van der Waals surface area contributed by atoms with Gasteiger partial charge in [-0.1, -0.05) is 35.9 Å². The highest BCUT2D eigenvalue weighted by Crippen LogP contribution is 2.11. The van der Waals surface area contributed by atoms with Crippen LogP contribution in [0.15, 0.2) is 48.5 Å². The minimum absolute atomic E-state index is 0.196. The van der Waals surface area contributed by atoms with Gasteiger partial charge in [-0.3, -0.25) is 10.1 Å². The van der Waals surface area contributed by atoms with Crippen molar-refractivity contribution >= 4 is 17.7 Å². The minimum Gasteiger partial charge on any atom is -0.450 e. The van der Waals surface area contributed by atoms with Gasteiger partial charge in [0.2, 0.25) is 0 Å². The number of amides is 2. The summed E-state index contributed by atoms with van der Waals surface area (Å²) in [6, 6.07) is 14.7. The summed E-state index contributed by atoms with van der Waals surface area (Å²) < 4.78 is 4.81. The van der Waals surface area contributed by atoms with E-state index in [0.717, 1.165) is 5.56 Å². The van der Waals surface area contributed by atoms with Crippen LogP contribution in [0.2, 0.25) is 0 Å². The number of carbonyl (C=O) groups excluding carboxylic acids is 2. The predicted octanol–water partition coefficient (Wildman–Crippen LogP) is 3.49. The maximum absolute atomic E-state index is 12.2. The topological polar surface area (TPSA) is 67.4 Å². The van der Waals surface area contributed by atoms with Crippen LogP contribution in [0.25, 0.3) is 0 Å². The quantitative estimate of drug-likeness (QED) is 0.888. The monoisotopic (exact) mass is 312 g/mol. The fourth-order valence-corrected chi connectivity index (χ4v) is 2.01. The third kappa shape index (κ3) is 5.14. The van der Waals surface area contributed by atoms with Gasteiger partial charge < -0.3 is 10.1 Å². The number of carbonyl (C=O) groups is 2. The Morgan fingerprint density at radius 3 is 2.52 bits per heavy atom. The summed E-state index contributed by atoms with van der Waals surface area (Å²) in [6.07, 6.45) is -0.537. The molecule has 2 aromatic rings. The van der Waals surface area contributed by atoms with Crippen molar-refractivity contribution in [1.82, 2.24) is 5.32 Å². The lowest BCUT2D eigenvalue weighted by Crippen LogP contribution is -2.23. The van der Waals surface area contributed by atoms with Crippen LogP contribution >= 0.6 is 0 Å². The Hall–Kier alpha value is -2.82. The molecule has 0 radical (unpaired) electrons. The average molecular weight is 312 g/mol. The van der Waals surface area contributed by atoms with Gasteiger partial charge in [-0.25, -0.2) is 4.79 Å². The van der Waals surface area contributed by atoms with Crippen LogP contribution in [0.5, 0.6) is 0 Å². The fraction of sp³-hybridized carbons (Fsp3) is 0.222. The molecule has 2 rings (SSSR count). The van der Waals surface area contributed by atoms with Gasteiger partial charge >= 0.3 is 6.09 Å². The maximum Gasteiger partial charge on any atom is 0.411 e. The van der Waals surface area contributed by atoms with E-state index in [2.05, 4.69) is 10.6 Å². The van der Waals surface area contributed by atoms with E-state index in [1.165, 1.54) is 5.56 Å². The maximum atomic E-state index is 12.2. The molecule has 0 fully saturated rings. The fourth-order valence-electron chi connectivity index (χ4n) is 2.01. The molecule has 2 aromatic carbocycles. The molecule has 0 aliphatic rings. The van der Waals surface area contributed by atoms with Crippen LogP contribution in [-0.2, 0) is 11.3 Å². The van der Waals surface area contributed by atoms with Crippen LogP contribution in [0.4, 0.5) is 10.5 Å². The molecule has 2 amide bonds. The largest absolute Gasteiger partial charge is 0.450 e. The lowest BCUT2D eigenvalue weighted by Gasteiger charge is -2.08. The summed E-state index contributed by atoms with van der Waals surface area (Å²) in [4.78, 5) is 23.6. The number of anilines is 1. The van der Waals surface area contributed by atoms with E-state index >= 15 is 0 Å². The van der Waals surface area contributed by atoms with Crippen molar-refractivity contribution in [3.05, 3.63) is 65.2 Å². The Bertz CT molecular complexity index is 681. The first-order valence-corrected chi connectivity index (χ1v) is 7.46. The average Bonchev–Trinajstić information content (AvgIpc) is 2.54. The van der Waals surface area contributed by atoms with Gasteiger partial charge in [-0.05, 0) is 37.6 Å². The second kappa shape index (κ2) is 7.98. The first-order chi connectivity index (χ1) is 11.1. The van der Waals surface area contributed by atoms with Crippen molar-refractivity contribution in [1.29, 1.82) is 0 Å². The first kappa shape index (κ1) is 16.5. The molecule has 23 heavy (non-hydrogen) atoms. The highest BCUT2D eigenvalue weighted by molar-refractivity contribution is 5.96. The summed E-state index contributed by atoms with van der Waals surface area (Å²) in [5.74, 6) is -0.196. The van der Waals surface area contributed by atoms with Gasteiger partial charge in [0.15, 0.2) is 0 Å². The predicted molar refractivity (Wildman–Crippen MR) is 89.4 cm³/mol. The number of benzene rings is 2. The molecule has 0 aromatic heterocycles. The van der Waals surface area contributed by atoms with Crippen LogP contribution < -0.4 is 10.6 Å². The third-order valence-corrected chi connectivity index (χ3v) is 3.22. The minimum atomic E-state index is -0.537. The number of aryl methyl sites for hydroxylation is 1. The van der Waals surface area contributed by atoms with Crippen molar-refractivity contribution in [2.75, 3.05) is 11.9 Å². The van der Waals surface area contributed by atoms with E-state index in [9.17, 15) is 9.59 Å². The highest BCUT2D eigenvalue weighted by Gasteiger charge is 2.08. The summed E-state index contributed by atoms with van der Waals surface area (Å²) >= 11 is 0. The summed E-state index contributed by atoms with van der Waals surface area (Å²) in [5, 5.41) is 5.43. The Balaban J connectivity index is 1.96. The lowest BCUT2D eigenvalue weighted by atomic mass is 10.1. The zero-order valence-electron chi connectivity index (χ0n) is 13.3. The van der Waals surface area contributed by atoms with Crippen molar-refractivity contribution in [2.45, 2.75) is 20.4 Å². The molecule has 0 spiro atoms. The normalized spacial score (nSPS) is 10.0. The number of hydrogen-bond donors (Lipinski definition) is 2. The highest BCUT2D eigenvalue weighted by atomic mass is 16.5. The molecule has 0 aliphatic heterocycles. The van der Waals surface area contributed by atoms with E-state index in [4.69, 9.17) is 4.74 Å². The number of hydrogen-bond acceptors (Lipinski definition) is 3. The SMILES string of the molecule is CCOC(=O)Nc1cccc(C(=O)NCc2ccc(C)cc2)c1. The molecule has 0 unspecified atom stereocenters. The van der Waals surface area contributed by atoms with Crippen LogP contribution in [0, 0.1) is 6.92 Å². The van der Waals surface area contributed by atoms with E-state index in [0.29, 0.717) is 24.4 Å². The Labute approximate surface area is 135 Å². The number of rotatable bonds is 5. The molecular formula is C18H20N2O3. The molecule has 0 bridgehead atoms. The lowest BCUT2D eigenvalue weighted by molar-refractivity contribution is 0.0950.